The highest BCUT2D eigenvalue weighted by molar-refractivity contribution is 5.49. The number of piperidine rings is 1. The monoisotopic (exact) mass is 250 g/mol. The smallest absolute Gasteiger partial charge is 0.146 e. The van der Waals surface area contributed by atoms with Gasteiger partial charge >= 0.3 is 0 Å². The predicted octanol–water partition coefficient (Wildman–Crippen LogP) is 3.31. The minimum absolute atomic E-state index is 0.0834. The van der Waals surface area contributed by atoms with Crippen LogP contribution in [0.25, 0.3) is 0 Å². The molecule has 18 heavy (non-hydrogen) atoms. The molecule has 1 aliphatic rings. The second-order valence-corrected chi connectivity index (χ2v) is 5.37. The van der Waals surface area contributed by atoms with Crippen LogP contribution in [0.1, 0.15) is 38.7 Å². The Balaban J connectivity index is 2.04. The van der Waals surface area contributed by atoms with E-state index in [9.17, 15) is 4.39 Å². The molecule has 2 nitrogen and oxygen atoms in total. The van der Waals surface area contributed by atoms with E-state index in [0.29, 0.717) is 6.04 Å². The standard InChI is InChI=1S/C15H23FN2/c1-12(2)17-11-13-6-7-15(14(16)10-13)18-8-4-3-5-9-18/h6-7,10,12,17H,3-5,8-9,11H2,1-2H3. The van der Waals surface area contributed by atoms with E-state index in [4.69, 9.17) is 0 Å². The highest BCUT2D eigenvalue weighted by atomic mass is 19.1. The number of rotatable bonds is 4. The molecular weight excluding hydrogens is 227 g/mol. The van der Waals surface area contributed by atoms with Crippen molar-refractivity contribution >= 4 is 5.69 Å². The molecule has 1 saturated heterocycles. The van der Waals surface area contributed by atoms with Gasteiger partial charge in [-0.05, 0) is 37.0 Å². The third-order valence-electron chi connectivity index (χ3n) is 3.42. The van der Waals surface area contributed by atoms with Crippen molar-refractivity contribution in [2.75, 3.05) is 18.0 Å². The summed E-state index contributed by atoms with van der Waals surface area (Å²) in [5, 5.41) is 3.31. The number of nitrogens with zero attached hydrogens (tertiary/aromatic N) is 1. The lowest BCUT2D eigenvalue weighted by Gasteiger charge is -2.29. The summed E-state index contributed by atoms with van der Waals surface area (Å²) in [6.45, 7) is 6.90. The van der Waals surface area contributed by atoms with E-state index >= 15 is 0 Å². The highest BCUT2D eigenvalue weighted by Crippen LogP contribution is 2.24. The van der Waals surface area contributed by atoms with Crippen LogP contribution in [0.4, 0.5) is 10.1 Å². The van der Waals surface area contributed by atoms with E-state index in [2.05, 4.69) is 24.1 Å². The zero-order chi connectivity index (χ0) is 13.0. The number of benzene rings is 1. The third-order valence-corrected chi connectivity index (χ3v) is 3.42. The van der Waals surface area contributed by atoms with Crippen molar-refractivity contribution < 1.29 is 4.39 Å². The maximum atomic E-state index is 14.1. The second-order valence-electron chi connectivity index (χ2n) is 5.37. The fourth-order valence-electron chi connectivity index (χ4n) is 2.37. The first-order chi connectivity index (χ1) is 8.66. The fraction of sp³-hybridized carbons (Fsp3) is 0.600. The van der Waals surface area contributed by atoms with Crippen LogP contribution >= 0.6 is 0 Å². The van der Waals surface area contributed by atoms with Crippen LogP contribution in [0.3, 0.4) is 0 Å². The fourth-order valence-corrected chi connectivity index (χ4v) is 2.37. The Morgan fingerprint density at radius 1 is 1.22 bits per heavy atom. The number of hydrogen-bond donors (Lipinski definition) is 1. The van der Waals surface area contributed by atoms with E-state index in [0.717, 1.165) is 30.9 Å². The summed E-state index contributed by atoms with van der Waals surface area (Å²) in [6, 6.07) is 6.05. The van der Waals surface area contributed by atoms with E-state index in [1.165, 1.54) is 19.3 Å². The molecule has 1 aromatic carbocycles. The van der Waals surface area contributed by atoms with Crippen LogP contribution in [0, 0.1) is 5.82 Å². The second kappa shape index (κ2) is 6.19. The lowest BCUT2D eigenvalue weighted by molar-refractivity contribution is 0.553. The molecule has 3 heteroatoms. The largest absolute Gasteiger partial charge is 0.369 e. The first kappa shape index (κ1) is 13.3. The number of nitrogens with one attached hydrogen (secondary N) is 1. The summed E-state index contributed by atoms with van der Waals surface area (Å²) in [7, 11) is 0. The van der Waals surface area contributed by atoms with Crippen LogP contribution in [0.2, 0.25) is 0 Å². The Kier molecular flexibility index (Phi) is 4.59. The van der Waals surface area contributed by atoms with Crippen LogP contribution in [-0.4, -0.2) is 19.1 Å². The molecule has 0 amide bonds. The normalized spacial score (nSPS) is 16.3. The van der Waals surface area contributed by atoms with Crippen molar-refractivity contribution in [3.63, 3.8) is 0 Å². The maximum absolute atomic E-state index is 14.1. The van der Waals surface area contributed by atoms with Crippen LogP contribution in [-0.2, 0) is 6.54 Å². The molecule has 0 saturated carbocycles. The van der Waals surface area contributed by atoms with Crippen LogP contribution in [0.15, 0.2) is 18.2 Å². The lowest BCUT2D eigenvalue weighted by atomic mass is 10.1. The molecule has 2 rings (SSSR count). The van der Waals surface area contributed by atoms with Gasteiger partial charge in [0, 0.05) is 25.7 Å². The van der Waals surface area contributed by atoms with Crippen molar-refractivity contribution in [2.24, 2.45) is 0 Å². The Morgan fingerprint density at radius 3 is 2.56 bits per heavy atom. The maximum Gasteiger partial charge on any atom is 0.146 e. The molecule has 1 aromatic rings. The zero-order valence-electron chi connectivity index (χ0n) is 11.4. The number of anilines is 1. The average molecular weight is 250 g/mol. The van der Waals surface area contributed by atoms with E-state index in [1.807, 2.05) is 12.1 Å². The third kappa shape index (κ3) is 3.45. The molecule has 0 unspecified atom stereocenters. The van der Waals surface area contributed by atoms with Crippen molar-refractivity contribution in [1.29, 1.82) is 0 Å². The van der Waals surface area contributed by atoms with Gasteiger partial charge in [0.2, 0.25) is 0 Å². The minimum atomic E-state index is -0.0834. The number of hydrogen-bond acceptors (Lipinski definition) is 2. The van der Waals surface area contributed by atoms with Gasteiger partial charge in [-0.2, -0.15) is 0 Å². The molecule has 0 atom stereocenters. The molecule has 0 radical (unpaired) electrons. The summed E-state index contributed by atoms with van der Waals surface area (Å²) in [5.41, 5.74) is 1.78. The summed E-state index contributed by atoms with van der Waals surface area (Å²) in [4.78, 5) is 2.17. The van der Waals surface area contributed by atoms with Crippen molar-refractivity contribution in [3.8, 4) is 0 Å². The van der Waals surface area contributed by atoms with Crippen LogP contribution < -0.4 is 10.2 Å². The Hall–Kier alpha value is -1.09. The Bertz CT molecular complexity index is 384. The van der Waals surface area contributed by atoms with Gasteiger partial charge in [0.15, 0.2) is 0 Å². The van der Waals surface area contributed by atoms with Gasteiger partial charge in [-0.25, -0.2) is 4.39 Å². The summed E-state index contributed by atoms with van der Waals surface area (Å²) in [6.07, 6.45) is 3.63. The highest BCUT2D eigenvalue weighted by Gasteiger charge is 2.14. The van der Waals surface area contributed by atoms with Gasteiger partial charge in [0.25, 0.3) is 0 Å². The molecule has 0 spiro atoms. The molecule has 0 aromatic heterocycles. The van der Waals surface area contributed by atoms with Gasteiger partial charge in [-0.15, -0.1) is 0 Å². The van der Waals surface area contributed by atoms with Gasteiger partial charge in [0.1, 0.15) is 5.82 Å². The Morgan fingerprint density at radius 2 is 1.94 bits per heavy atom. The first-order valence-electron chi connectivity index (χ1n) is 6.93. The van der Waals surface area contributed by atoms with Crippen molar-refractivity contribution in [2.45, 2.75) is 45.7 Å². The quantitative estimate of drug-likeness (QED) is 0.882. The average Bonchev–Trinajstić information content (AvgIpc) is 2.37. The van der Waals surface area contributed by atoms with E-state index < -0.39 is 0 Å². The summed E-state index contributed by atoms with van der Waals surface area (Å²) >= 11 is 0. The van der Waals surface area contributed by atoms with Crippen molar-refractivity contribution in [3.05, 3.63) is 29.6 Å². The van der Waals surface area contributed by atoms with Gasteiger partial charge < -0.3 is 10.2 Å². The molecule has 1 N–H and O–H groups in total. The topological polar surface area (TPSA) is 15.3 Å². The molecule has 1 heterocycles. The molecule has 1 fully saturated rings. The zero-order valence-corrected chi connectivity index (χ0v) is 11.4. The van der Waals surface area contributed by atoms with Gasteiger partial charge in [-0.3, -0.25) is 0 Å². The summed E-state index contributed by atoms with van der Waals surface area (Å²) in [5.74, 6) is -0.0834. The molecule has 0 aliphatic carbocycles. The minimum Gasteiger partial charge on any atom is -0.369 e. The van der Waals surface area contributed by atoms with E-state index in [1.54, 1.807) is 6.07 Å². The number of halogens is 1. The Labute approximate surface area is 109 Å². The molecule has 100 valence electrons. The molecular formula is C15H23FN2. The SMILES string of the molecule is CC(C)NCc1ccc(N2CCCCC2)c(F)c1. The van der Waals surface area contributed by atoms with Crippen molar-refractivity contribution in [1.82, 2.24) is 5.32 Å². The summed E-state index contributed by atoms with van der Waals surface area (Å²) < 4.78 is 14.1. The van der Waals surface area contributed by atoms with Gasteiger partial charge in [0.05, 0.1) is 5.69 Å². The molecule has 1 aliphatic heterocycles. The van der Waals surface area contributed by atoms with Crippen LogP contribution in [0.5, 0.6) is 0 Å². The van der Waals surface area contributed by atoms with Gasteiger partial charge in [-0.1, -0.05) is 19.9 Å². The molecule has 0 bridgehead atoms. The predicted molar refractivity (Wildman–Crippen MR) is 74.4 cm³/mol. The van der Waals surface area contributed by atoms with E-state index in [-0.39, 0.29) is 5.82 Å². The first-order valence-corrected chi connectivity index (χ1v) is 6.93. The lowest BCUT2D eigenvalue weighted by Crippen LogP contribution is -2.30.